The van der Waals surface area contributed by atoms with Crippen LogP contribution in [0.15, 0.2) is 91.3 Å². The van der Waals surface area contributed by atoms with Gasteiger partial charge in [-0.25, -0.2) is 0 Å². The van der Waals surface area contributed by atoms with Crippen LogP contribution >= 0.6 is 0 Å². The molecule has 2 heteroatoms. The number of anilines is 1. The quantitative estimate of drug-likeness (QED) is 0.382. The average molecular weight is 367 g/mol. The lowest BCUT2D eigenvalue weighted by Crippen LogP contribution is -2.05. The maximum Gasteiger partial charge on any atom is 0.0733 e. The molecule has 0 bridgehead atoms. The van der Waals surface area contributed by atoms with Gasteiger partial charge in [0, 0.05) is 23.0 Å². The number of hydrogen-bond acceptors (Lipinski definition) is 2. The highest BCUT2D eigenvalue weighted by Crippen LogP contribution is 2.24. The number of allylic oxidation sites excluding steroid dienone is 1. The fourth-order valence-electron chi connectivity index (χ4n) is 3.82. The topological polar surface area (TPSA) is 24.9 Å². The zero-order chi connectivity index (χ0) is 19.3. The highest BCUT2D eigenvalue weighted by atomic mass is 14.9. The van der Waals surface area contributed by atoms with Crippen LogP contribution in [-0.4, -0.2) is 4.98 Å². The molecular weight excluding hydrogens is 340 g/mol. The van der Waals surface area contributed by atoms with E-state index in [0.29, 0.717) is 5.92 Å². The van der Waals surface area contributed by atoms with E-state index in [1.54, 1.807) is 0 Å². The van der Waals surface area contributed by atoms with Gasteiger partial charge in [0.15, 0.2) is 0 Å². The number of nitrogens with one attached hydrogen (secondary N) is 1. The van der Waals surface area contributed by atoms with Crippen LogP contribution in [0.3, 0.4) is 0 Å². The molecular formula is C26H26N2. The first kappa shape index (κ1) is 18.2. The Kier molecular flexibility index (Phi) is 5.38. The molecule has 1 atom stereocenters. The van der Waals surface area contributed by atoms with Crippen molar-refractivity contribution >= 4 is 27.4 Å². The fraction of sp³-hybridized carbons (Fsp3) is 0.192. The van der Waals surface area contributed by atoms with Crippen molar-refractivity contribution in [3.63, 3.8) is 0 Å². The van der Waals surface area contributed by atoms with Crippen molar-refractivity contribution in [1.82, 2.24) is 4.98 Å². The number of fused-ring (bicyclic) bond motifs is 2. The number of aryl methyl sites for hydroxylation is 1. The van der Waals surface area contributed by atoms with Gasteiger partial charge in [-0.15, -0.1) is 0 Å². The third-order valence-electron chi connectivity index (χ3n) is 5.29. The third kappa shape index (κ3) is 4.23. The molecule has 0 saturated heterocycles. The van der Waals surface area contributed by atoms with Crippen LogP contribution in [0.4, 0.5) is 5.69 Å². The Hall–Kier alpha value is -3.13. The van der Waals surface area contributed by atoms with Crippen LogP contribution < -0.4 is 5.32 Å². The minimum Gasteiger partial charge on any atom is -0.359 e. The van der Waals surface area contributed by atoms with Crippen LogP contribution in [0.2, 0.25) is 0 Å². The van der Waals surface area contributed by atoms with Gasteiger partial charge in [-0.2, -0.15) is 0 Å². The van der Waals surface area contributed by atoms with E-state index in [1.165, 1.54) is 21.7 Å². The summed E-state index contributed by atoms with van der Waals surface area (Å²) in [6.45, 7) is 6.55. The van der Waals surface area contributed by atoms with Crippen molar-refractivity contribution in [2.75, 3.05) is 5.32 Å². The van der Waals surface area contributed by atoms with Crippen LogP contribution in [0.5, 0.6) is 0 Å². The Morgan fingerprint density at radius 1 is 0.929 bits per heavy atom. The molecule has 1 heterocycles. The molecule has 0 radical (unpaired) electrons. The summed E-state index contributed by atoms with van der Waals surface area (Å²) in [5, 5.41) is 7.21. The van der Waals surface area contributed by atoms with Crippen LogP contribution in [-0.2, 0) is 6.42 Å². The number of pyridine rings is 1. The highest BCUT2D eigenvalue weighted by Gasteiger charge is 2.08. The molecule has 1 aromatic heterocycles. The van der Waals surface area contributed by atoms with Gasteiger partial charge in [-0.3, -0.25) is 4.98 Å². The second kappa shape index (κ2) is 8.26. The Bertz CT molecular complexity index is 1110. The summed E-state index contributed by atoms with van der Waals surface area (Å²) in [6.07, 6.45) is 5.00. The SMILES string of the molecule is C=C(C[C@H](C)CCc1cccc2cccnc12)Nc1ccc2ccccc2c1. The molecule has 2 nitrogen and oxygen atoms in total. The van der Waals surface area contributed by atoms with Crippen LogP contribution in [0, 0.1) is 5.92 Å². The summed E-state index contributed by atoms with van der Waals surface area (Å²) in [5.74, 6) is 0.555. The maximum absolute atomic E-state index is 4.57. The van der Waals surface area contributed by atoms with E-state index in [0.717, 1.165) is 36.2 Å². The first-order valence-corrected chi connectivity index (χ1v) is 9.95. The number of para-hydroxylation sites is 1. The van der Waals surface area contributed by atoms with E-state index in [4.69, 9.17) is 0 Å². The molecule has 0 amide bonds. The van der Waals surface area contributed by atoms with Gasteiger partial charge in [-0.1, -0.05) is 68.1 Å². The van der Waals surface area contributed by atoms with Gasteiger partial charge in [0.05, 0.1) is 5.52 Å². The Balaban J connectivity index is 1.35. The molecule has 0 aliphatic carbocycles. The lowest BCUT2D eigenvalue weighted by atomic mass is 9.96. The van der Waals surface area contributed by atoms with Gasteiger partial charge < -0.3 is 5.32 Å². The lowest BCUT2D eigenvalue weighted by molar-refractivity contribution is 0.531. The zero-order valence-corrected chi connectivity index (χ0v) is 16.4. The highest BCUT2D eigenvalue weighted by molar-refractivity contribution is 5.86. The predicted molar refractivity (Wildman–Crippen MR) is 121 cm³/mol. The molecule has 0 fully saturated rings. The molecule has 0 saturated carbocycles. The third-order valence-corrected chi connectivity index (χ3v) is 5.29. The summed E-state index contributed by atoms with van der Waals surface area (Å²) >= 11 is 0. The number of rotatable bonds is 7. The van der Waals surface area contributed by atoms with Gasteiger partial charge >= 0.3 is 0 Å². The molecule has 4 rings (SSSR count). The van der Waals surface area contributed by atoms with Gasteiger partial charge in [-0.05, 0) is 59.7 Å². The summed E-state index contributed by atoms with van der Waals surface area (Å²) < 4.78 is 0. The van der Waals surface area contributed by atoms with E-state index >= 15 is 0 Å². The van der Waals surface area contributed by atoms with Gasteiger partial charge in [0.1, 0.15) is 0 Å². The van der Waals surface area contributed by atoms with E-state index in [2.05, 4.69) is 90.5 Å². The van der Waals surface area contributed by atoms with E-state index < -0.39 is 0 Å². The molecule has 28 heavy (non-hydrogen) atoms. The van der Waals surface area contributed by atoms with Crippen molar-refractivity contribution in [3.8, 4) is 0 Å². The number of hydrogen-bond donors (Lipinski definition) is 1. The maximum atomic E-state index is 4.57. The Labute approximate surface area is 166 Å². The summed E-state index contributed by atoms with van der Waals surface area (Å²) in [4.78, 5) is 4.57. The van der Waals surface area contributed by atoms with Gasteiger partial charge in [0.2, 0.25) is 0 Å². The van der Waals surface area contributed by atoms with E-state index in [1.807, 2.05) is 12.3 Å². The molecule has 140 valence electrons. The van der Waals surface area contributed by atoms with Gasteiger partial charge in [0.25, 0.3) is 0 Å². The van der Waals surface area contributed by atoms with Crippen molar-refractivity contribution in [2.24, 2.45) is 5.92 Å². The summed E-state index contributed by atoms with van der Waals surface area (Å²) in [5.41, 5.74) is 4.64. The lowest BCUT2D eigenvalue weighted by Gasteiger charge is -2.16. The minimum atomic E-state index is 0.555. The van der Waals surface area contributed by atoms with Crippen LogP contribution in [0.25, 0.3) is 21.7 Å². The molecule has 0 spiro atoms. The number of aromatic nitrogens is 1. The van der Waals surface area contributed by atoms with Crippen molar-refractivity contribution in [2.45, 2.75) is 26.2 Å². The molecule has 4 aromatic rings. The molecule has 3 aromatic carbocycles. The number of benzene rings is 3. The smallest absolute Gasteiger partial charge is 0.0733 e. The predicted octanol–water partition coefficient (Wildman–Crippen LogP) is 6.97. The number of nitrogens with zero attached hydrogens (tertiary/aromatic N) is 1. The zero-order valence-electron chi connectivity index (χ0n) is 16.4. The summed E-state index contributed by atoms with van der Waals surface area (Å²) in [7, 11) is 0. The molecule has 1 N–H and O–H groups in total. The molecule has 0 aliphatic rings. The second-order valence-corrected chi connectivity index (χ2v) is 7.63. The average Bonchev–Trinajstić information content (AvgIpc) is 2.72. The second-order valence-electron chi connectivity index (χ2n) is 7.63. The van der Waals surface area contributed by atoms with Crippen molar-refractivity contribution in [3.05, 3.63) is 96.8 Å². The summed E-state index contributed by atoms with van der Waals surface area (Å²) in [6, 6.07) is 25.5. The van der Waals surface area contributed by atoms with Crippen LogP contribution in [0.1, 0.15) is 25.3 Å². The van der Waals surface area contributed by atoms with E-state index in [-0.39, 0.29) is 0 Å². The van der Waals surface area contributed by atoms with E-state index in [9.17, 15) is 0 Å². The largest absolute Gasteiger partial charge is 0.359 e. The Morgan fingerprint density at radius 2 is 1.71 bits per heavy atom. The fourth-order valence-corrected chi connectivity index (χ4v) is 3.82. The molecule has 0 unspecified atom stereocenters. The van der Waals surface area contributed by atoms with Crippen molar-refractivity contribution < 1.29 is 0 Å². The first-order chi connectivity index (χ1) is 13.7. The minimum absolute atomic E-state index is 0.555. The normalized spacial score (nSPS) is 12.2. The first-order valence-electron chi connectivity index (χ1n) is 9.95. The standard InChI is InChI=1S/C26H26N2/c1-19(12-13-23-10-5-9-22-11-6-16-27-26(22)23)17-20(2)28-25-15-14-21-7-3-4-8-24(21)18-25/h3-11,14-16,18-19,28H,2,12-13,17H2,1H3/t19-/m1/s1. The monoisotopic (exact) mass is 366 g/mol. The van der Waals surface area contributed by atoms with Crippen molar-refractivity contribution in [1.29, 1.82) is 0 Å². The Morgan fingerprint density at radius 3 is 2.61 bits per heavy atom. The molecule has 0 aliphatic heterocycles.